The third kappa shape index (κ3) is 2.65. The summed E-state index contributed by atoms with van der Waals surface area (Å²) in [7, 11) is 1.59. The molecule has 8 heteroatoms. The average molecular weight is 425 g/mol. The Morgan fingerprint density at radius 3 is 2.83 bits per heavy atom. The van der Waals surface area contributed by atoms with E-state index in [9.17, 15) is 0 Å². The molecule has 2 aromatic heterocycles. The van der Waals surface area contributed by atoms with Gasteiger partial charge in [0.25, 0.3) is 0 Å². The largest absolute Gasteiger partial charge is 0.481 e. The minimum atomic E-state index is -0.696. The maximum absolute atomic E-state index is 6.27. The Morgan fingerprint density at radius 2 is 2.07 bits per heavy atom. The molecule has 2 N–H and O–H groups in total. The number of ether oxygens (including phenoxy) is 1. The summed E-state index contributed by atoms with van der Waals surface area (Å²) in [6.07, 6.45) is 0.450. The fourth-order valence-electron chi connectivity index (χ4n) is 4.18. The second-order valence-corrected chi connectivity index (χ2v) is 7.78. The van der Waals surface area contributed by atoms with Crippen molar-refractivity contribution in [2.75, 3.05) is 12.0 Å². The number of rotatable bonds is 3. The van der Waals surface area contributed by atoms with Crippen LogP contribution in [0.4, 0.5) is 11.4 Å². The van der Waals surface area contributed by atoms with Gasteiger partial charge in [-0.2, -0.15) is 0 Å². The second-order valence-electron chi connectivity index (χ2n) is 7.02. The zero-order chi connectivity index (χ0) is 20.2. The van der Waals surface area contributed by atoms with E-state index in [-0.39, 0.29) is 0 Å². The average Bonchev–Trinajstić information content (AvgIpc) is 3.23. The Bertz CT molecular complexity index is 1170. The van der Waals surface area contributed by atoms with Gasteiger partial charge in [0.1, 0.15) is 16.6 Å². The molecule has 146 valence electrons. The van der Waals surface area contributed by atoms with E-state index in [0.717, 1.165) is 22.7 Å². The molecule has 1 atom stereocenters. The fourth-order valence-corrected chi connectivity index (χ4v) is 4.78. The van der Waals surface area contributed by atoms with E-state index in [0.29, 0.717) is 40.6 Å². The predicted molar refractivity (Wildman–Crippen MR) is 116 cm³/mol. The first-order valence-electron chi connectivity index (χ1n) is 9.07. The number of halogens is 1. The Labute approximate surface area is 178 Å². The molecular formula is C21H17ClN4O2S. The molecule has 0 bridgehead atoms. The van der Waals surface area contributed by atoms with Gasteiger partial charge in [-0.25, -0.2) is 9.98 Å². The molecule has 0 fully saturated rings. The molecule has 1 unspecified atom stereocenters. The quantitative estimate of drug-likeness (QED) is 0.629. The van der Waals surface area contributed by atoms with E-state index in [1.54, 1.807) is 19.2 Å². The highest BCUT2D eigenvalue weighted by molar-refractivity contribution is 7.80. The van der Waals surface area contributed by atoms with Gasteiger partial charge in [0, 0.05) is 18.2 Å². The van der Waals surface area contributed by atoms with E-state index in [4.69, 9.17) is 43.7 Å². The van der Waals surface area contributed by atoms with Crippen molar-refractivity contribution in [1.82, 2.24) is 4.98 Å². The molecule has 0 amide bonds. The van der Waals surface area contributed by atoms with Crippen molar-refractivity contribution in [3.05, 3.63) is 70.8 Å². The summed E-state index contributed by atoms with van der Waals surface area (Å²) in [5.74, 6) is 1.75. The van der Waals surface area contributed by atoms with E-state index >= 15 is 0 Å². The van der Waals surface area contributed by atoms with Gasteiger partial charge in [-0.05, 0) is 41.4 Å². The number of aliphatic imine (C=N–C) groups is 1. The second kappa shape index (κ2) is 6.57. The number of hydrogen-bond acceptors (Lipinski definition) is 6. The molecule has 0 saturated heterocycles. The number of fused-ring (bicyclic) bond motifs is 4. The number of anilines is 1. The van der Waals surface area contributed by atoms with Crippen LogP contribution in [0.25, 0.3) is 0 Å². The first-order valence-corrected chi connectivity index (χ1v) is 9.86. The number of amidine groups is 1. The van der Waals surface area contributed by atoms with Crippen molar-refractivity contribution in [1.29, 1.82) is 0 Å². The molecule has 0 aliphatic carbocycles. The van der Waals surface area contributed by atoms with Crippen LogP contribution in [-0.2, 0) is 12.0 Å². The third-order valence-electron chi connectivity index (χ3n) is 5.38. The zero-order valence-corrected chi connectivity index (χ0v) is 17.1. The number of methoxy groups -OCH3 is 1. The van der Waals surface area contributed by atoms with Gasteiger partial charge < -0.3 is 19.8 Å². The van der Waals surface area contributed by atoms with Crippen LogP contribution >= 0.6 is 23.8 Å². The van der Waals surface area contributed by atoms with Crippen LogP contribution in [0.2, 0.25) is 5.22 Å². The molecule has 29 heavy (non-hydrogen) atoms. The number of aromatic nitrogens is 1. The van der Waals surface area contributed by atoms with Gasteiger partial charge in [-0.15, -0.1) is 0 Å². The Kier molecular flexibility index (Phi) is 4.11. The highest BCUT2D eigenvalue weighted by Crippen LogP contribution is 2.53. The maximum atomic E-state index is 6.27. The maximum Gasteiger partial charge on any atom is 0.213 e. The predicted octanol–water partition coefficient (Wildman–Crippen LogP) is 4.36. The van der Waals surface area contributed by atoms with Gasteiger partial charge in [0.15, 0.2) is 5.22 Å². The molecular weight excluding hydrogens is 408 g/mol. The topological polar surface area (TPSA) is 76.9 Å². The monoisotopic (exact) mass is 424 g/mol. The van der Waals surface area contributed by atoms with Crippen molar-refractivity contribution in [2.24, 2.45) is 10.7 Å². The van der Waals surface area contributed by atoms with Gasteiger partial charge >= 0.3 is 0 Å². The minimum absolute atomic E-state index is 0.346. The van der Waals surface area contributed by atoms with Crippen LogP contribution in [0, 0.1) is 0 Å². The van der Waals surface area contributed by atoms with Crippen molar-refractivity contribution < 1.29 is 9.15 Å². The molecule has 1 spiro atoms. The van der Waals surface area contributed by atoms with Gasteiger partial charge in [-0.1, -0.05) is 30.4 Å². The normalized spacial score (nSPS) is 19.9. The number of furan rings is 1. The Balaban J connectivity index is 1.72. The summed E-state index contributed by atoms with van der Waals surface area (Å²) in [4.78, 5) is 12.0. The van der Waals surface area contributed by atoms with Crippen LogP contribution in [0.15, 0.2) is 57.9 Å². The number of hydrogen-bond donors (Lipinski definition) is 1. The summed E-state index contributed by atoms with van der Waals surface area (Å²) in [5.41, 5.74) is 9.07. The number of nitrogens with two attached hydrogens (primary N) is 1. The lowest BCUT2D eigenvalue weighted by Gasteiger charge is -2.34. The molecule has 2 aliphatic heterocycles. The molecule has 4 heterocycles. The first kappa shape index (κ1) is 18.1. The van der Waals surface area contributed by atoms with Gasteiger partial charge in [0.2, 0.25) is 5.88 Å². The molecule has 3 aromatic rings. The van der Waals surface area contributed by atoms with Gasteiger partial charge in [-0.3, -0.25) is 0 Å². The van der Waals surface area contributed by atoms with Crippen LogP contribution in [0.3, 0.4) is 0 Å². The molecule has 5 rings (SSSR count). The SMILES string of the molecule is COc1ccc2c(n1)C1(CC(N)=N2)C(=S)N(Cc2ccc(Cl)o2)c2ccccc21. The summed E-state index contributed by atoms with van der Waals surface area (Å²) < 4.78 is 11.0. The lowest BCUT2D eigenvalue weighted by molar-refractivity contribution is 0.394. The summed E-state index contributed by atoms with van der Waals surface area (Å²) in [6, 6.07) is 15.3. The highest BCUT2D eigenvalue weighted by atomic mass is 35.5. The fraction of sp³-hybridized carbons (Fsp3) is 0.190. The van der Waals surface area contributed by atoms with Crippen LogP contribution < -0.4 is 15.4 Å². The summed E-state index contributed by atoms with van der Waals surface area (Å²) in [6.45, 7) is 0.459. The molecule has 2 aliphatic rings. The van der Waals surface area contributed by atoms with Crippen LogP contribution in [-0.4, -0.2) is 22.9 Å². The zero-order valence-electron chi connectivity index (χ0n) is 15.6. The minimum Gasteiger partial charge on any atom is -0.481 e. The third-order valence-corrected chi connectivity index (χ3v) is 6.15. The summed E-state index contributed by atoms with van der Waals surface area (Å²) in [5, 5.41) is 0.346. The van der Waals surface area contributed by atoms with E-state index in [1.165, 1.54) is 0 Å². The molecule has 0 saturated carbocycles. The van der Waals surface area contributed by atoms with Crippen molar-refractivity contribution >= 4 is 46.0 Å². The summed E-state index contributed by atoms with van der Waals surface area (Å²) >= 11 is 12.0. The van der Waals surface area contributed by atoms with Crippen molar-refractivity contribution in [3.63, 3.8) is 0 Å². The standard InChI is InChI=1S/C21H17ClN4O2S/c1-27-18-9-7-14-19(25-18)21(10-17(23)24-14)13-4-2-3-5-15(13)26(20(21)29)11-12-6-8-16(22)28-12/h2-9H,10-11H2,1H3,(H2,23,24). The molecule has 6 nitrogen and oxygen atoms in total. The lowest BCUT2D eigenvalue weighted by atomic mass is 9.73. The van der Waals surface area contributed by atoms with Crippen LogP contribution in [0.5, 0.6) is 5.88 Å². The number of para-hydroxylation sites is 1. The van der Waals surface area contributed by atoms with Crippen molar-refractivity contribution in [3.8, 4) is 5.88 Å². The van der Waals surface area contributed by atoms with E-state index in [2.05, 4.69) is 16.0 Å². The number of pyridine rings is 1. The number of benzene rings is 1. The van der Waals surface area contributed by atoms with Gasteiger partial charge in [0.05, 0.1) is 30.5 Å². The molecule has 1 aromatic carbocycles. The Hall–Kier alpha value is -2.90. The Morgan fingerprint density at radius 1 is 1.24 bits per heavy atom. The van der Waals surface area contributed by atoms with E-state index < -0.39 is 5.41 Å². The highest BCUT2D eigenvalue weighted by Gasteiger charge is 2.53. The van der Waals surface area contributed by atoms with Crippen molar-refractivity contribution in [2.45, 2.75) is 18.4 Å². The number of nitrogens with zero attached hydrogens (tertiary/aromatic N) is 3. The van der Waals surface area contributed by atoms with E-state index in [1.807, 2.05) is 30.3 Å². The number of thiocarbonyl (C=S) groups is 1. The smallest absolute Gasteiger partial charge is 0.213 e. The van der Waals surface area contributed by atoms with Crippen LogP contribution in [0.1, 0.15) is 23.4 Å². The molecule has 0 radical (unpaired) electrons. The first-order chi connectivity index (χ1) is 14.0. The lowest BCUT2D eigenvalue weighted by Crippen LogP contribution is -2.44.